The second-order valence-electron chi connectivity index (χ2n) is 4.86. The maximum Gasteiger partial charge on any atom is 0.257 e. The summed E-state index contributed by atoms with van der Waals surface area (Å²) < 4.78 is 0. The first kappa shape index (κ1) is 11.9. The van der Waals surface area contributed by atoms with Gasteiger partial charge in [0, 0.05) is 12.7 Å². The normalized spacial score (nSPS) is 22.7. The van der Waals surface area contributed by atoms with E-state index in [9.17, 15) is 9.90 Å². The lowest BCUT2D eigenvalue weighted by Crippen LogP contribution is -2.34. The van der Waals surface area contributed by atoms with Gasteiger partial charge in [0.2, 0.25) is 0 Å². The number of benzene rings is 1. The molecule has 2 aromatic rings. The number of aromatic amines is 1. The lowest BCUT2D eigenvalue weighted by atomic mass is 9.93. The van der Waals surface area contributed by atoms with Crippen LogP contribution in [-0.2, 0) is 5.60 Å². The van der Waals surface area contributed by atoms with Crippen LogP contribution in [0.4, 0.5) is 0 Å². The summed E-state index contributed by atoms with van der Waals surface area (Å²) in [5, 5.41) is 17.1. The maximum absolute atomic E-state index is 12.2. The van der Waals surface area contributed by atoms with Gasteiger partial charge in [-0.1, -0.05) is 30.3 Å². The van der Waals surface area contributed by atoms with E-state index in [1.807, 2.05) is 30.3 Å². The molecule has 1 aromatic heterocycles. The zero-order valence-corrected chi connectivity index (χ0v) is 10.4. The summed E-state index contributed by atoms with van der Waals surface area (Å²) in [6.07, 6.45) is 3.63. The molecule has 2 heterocycles. The number of hydrogen-bond donors (Lipinski definition) is 2. The number of amides is 1. The van der Waals surface area contributed by atoms with Crippen LogP contribution in [0.3, 0.4) is 0 Å². The van der Waals surface area contributed by atoms with Gasteiger partial charge in [0.05, 0.1) is 18.3 Å². The predicted octanol–water partition coefficient (Wildman–Crippen LogP) is 1.14. The fourth-order valence-corrected chi connectivity index (χ4v) is 2.50. The largest absolute Gasteiger partial charge is 0.383 e. The van der Waals surface area contributed by atoms with E-state index in [0.29, 0.717) is 25.1 Å². The number of carbonyl (C=O) groups excluding carboxylic acids is 1. The van der Waals surface area contributed by atoms with E-state index < -0.39 is 5.60 Å². The first-order valence-corrected chi connectivity index (χ1v) is 6.25. The van der Waals surface area contributed by atoms with Crippen molar-refractivity contribution in [3.63, 3.8) is 0 Å². The van der Waals surface area contributed by atoms with Crippen LogP contribution < -0.4 is 0 Å². The summed E-state index contributed by atoms with van der Waals surface area (Å²) >= 11 is 0. The van der Waals surface area contributed by atoms with E-state index in [1.54, 1.807) is 11.1 Å². The van der Waals surface area contributed by atoms with E-state index in [1.165, 1.54) is 6.20 Å². The van der Waals surface area contributed by atoms with Gasteiger partial charge < -0.3 is 10.0 Å². The third kappa shape index (κ3) is 2.13. The van der Waals surface area contributed by atoms with Gasteiger partial charge in [0.15, 0.2) is 0 Å². The van der Waals surface area contributed by atoms with Crippen molar-refractivity contribution in [3.05, 3.63) is 53.9 Å². The van der Waals surface area contributed by atoms with Gasteiger partial charge in [-0.15, -0.1) is 0 Å². The van der Waals surface area contributed by atoms with Crippen LogP contribution in [0.5, 0.6) is 0 Å². The fraction of sp³-hybridized carbons (Fsp3) is 0.286. The molecule has 19 heavy (non-hydrogen) atoms. The van der Waals surface area contributed by atoms with Crippen LogP contribution in [-0.4, -0.2) is 39.2 Å². The summed E-state index contributed by atoms with van der Waals surface area (Å²) in [5.41, 5.74) is 0.440. The Balaban J connectivity index is 1.79. The molecule has 3 rings (SSSR count). The molecule has 0 bridgehead atoms. The Kier molecular flexibility index (Phi) is 2.83. The number of hydrogen-bond acceptors (Lipinski definition) is 3. The van der Waals surface area contributed by atoms with E-state index in [4.69, 9.17) is 0 Å². The fourth-order valence-electron chi connectivity index (χ4n) is 2.50. The molecular weight excluding hydrogens is 242 g/mol. The molecule has 1 fully saturated rings. The third-order valence-electron chi connectivity index (χ3n) is 3.59. The van der Waals surface area contributed by atoms with Crippen molar-refractivity contribution in [2.75, 3.05) is 13.1 Å². The minimum absolute atomic E-state index is 0.0967. The number of aliphatic hydroxyl groups is 1. The summed E-state index contributed by atoms with van der Waals surface area (Å²) in [5.74, 6) is -0.0967. The van der Waals surface area contributed by atoms with Gasteiger partial charge in [-0.2, -0.15) is 5.10 Å². The van der Waals surface area contributed by atoms with E-state index in [-0.39, 0.29) is 5.91 Å². The molecule has 0 spiro atoms. The highest BCUT2D eigenvalue weighted by Gasteiger charge is 2.39. The number of β-amino-alcohol motifs (C(OH)–C–C–N with tert-alkyl or cyclic N) is 1. The van der Waals surface area contributed by atoms with Crippen LogP contribution in [0.2, 0.25) is 0 Å². The van der Waals surface area contributed by atoms with E-state index >= 15 is 0 Å². The number of rotatable bonds is 2. The van der Waals surface area contributed by atoms with Crippen LogP contribution in [0.25, 0.3) is 0 Å². The van der Waals surface area contributed by atoms with Crippen LogP contribution in [0.15, 0.2) is 42.7 Å². The topological polar surface area (TPSA) is 69.2 Å². The average Bonchev–Trinajstić information content (AvgIpc) is 3.09. The average molecular weight is 257 g/mol. The standard InChI is InChI=1S/C14H15N3O2/c18-13(11-8-15-16-9-11)17-7-6-14(19,10-17)12-4-2-1-3-5-12/h1-5,8-9,19H,6-7,10H2,(H,15,16)/t14-/m0/s1. The summed E-state index contributed by atoms with van der Waals surface area (Å²) in [4.78, 5) is 13.8. The zero-order valence-electron chi connectivity index (χ0n) is 10.4. The van der Waals surface area contributed by atoms with Crippen molar-refractivity contribution in [1.82, 2.24) is 15.1 Å². The van der Waals surface area contributed by atoms with Crippen molar-refractivity contribution >= 4 is 5.91 Å². The second kappa shape index (κ2) is 4.51. The van der Waals surface area contributed by atoms with Crippen molar-refractivity contribution in [2.45, 2.75) is 12.0 Å². The first-order valence-electron chi connectivity index (χ1n) is 6.25. The lowest BCUT2D eigenvalue weighted by Gasteiger charge is -2.23. The minimum Gasteiger partial charge on any atom is -0.383 e. The molecule has 5 nitrogen and oxygen atoms in total. The Bertz CT molecular complexity index is 568. The molecule has 1 amide bonds. The maximum atomic E-state index is 12.2. The molecule has 2 N–H and O–H groups in total. The van der Waals surface area contributed by atoms with Gasteiger partial charge in [-0.25, -0.2) is 0 Å². The molecule has 0 radical (unpaired) electrons. The molecule has 1 aliphatic heterocycles. The Morgan fingerprint density at radius 1 is 1.37 bits per heavy atom. The number of aromatic nitrogens is 2. The quantitative estimate of drug-likeness (QED) is 0.847. The number of H-pyrrole nitrogens is 1. The highest BCUT2D eigenvalue weighted by atomic mass is 16.3. The molecule has 5 heteroatoms. The molecule has 0 aliphatic carbocycles. The second-order valence-corrected chi connectivity index (χ2v) is 4.86. The summed E-state index contributed by atoms with van der Waals surface area (Å²) in [7, 11) is 0. The van der Waals surface area contributed by atoms with Crippen LogP contribution in [0.1, 0.15) is 22.3 Å². The number of nitrogens with one attached hydrogen (secondary N) is 1. The molecule has 1 saturated heterocycles. The Labute approximate surface area is 110 Å². The summed E-state index contributed by atoms with van der Waals surface area (Å²) in [6.45, 7) is 0.871. The Hall–Kier alpha value is -2.14. The van der Waals surface area contributed by atoms with Gasteiger partial charge >= 0.3 is 0 Å². The van der Waals surface area contributed by atoms with Crippen LogP contribution in [0, 0.1) is 0 Å². The smallest absolute Gasteiger partial charge is 0.257 e. The monoisotopic (exact) mass is 257 g/mol. The third-order valence-corrected chi connectivity index (χ3v) is 3.59. The van der Waals surface area contributed by atoms with Gasteiger partial charge in [-0.3, -0.25) is 9.89 Å². The predicted molar refractivity (Wildman–Crippen MR) is 69.4 cm³/mol. The SMILES string of the molecule is O=C(c1cn[nH]c1)N1CC[C@@](O)(c2ccccc2)C1. The molecule has 98 valence electrons. The van der Waals surface area contributed by atoms with Crippen molar-refractivity contribution in [1.29, 1.82) is 0 Å². The highest BCUT2D eigenvalue weighted by molar-refractivity contribution is 5.93. The van der Waals surface area contributed by atoms with Gasteiger partial charge in [0.25, 0.3) is 5.91 Å². The van der Waals surface area contributed by atoms with Crippen molar-refractivity contribution in [3.8, 4) is 0 Å². The van der Waals surface area contributed by atoms with Gasteiger partial charge in [0.1, 0.15) is 5.60 Å². The Morgan fingerprint density at radius 2 is 2.16 bits per heavy atom. The highest BCUT2D eigenvalue weighted by Crippen LogP contribution is 2.32. The minimum atomic E-state index is -0.944. The number of carbonyl (C=O) groups is 1. The van der Waals surface area contributed by atoms with Gasteiger partial charge in [-0.05, 0) is 12.0 Å². The molecule has 0 unspecified atom stereocenters. The van der Waals surface area contributed by atoms with Crippen LogP contribution >= 0.6 is 0 Å². The molecule has 1 aromatic carbocycles. The zero-order chi connectivity index (χ0) is 13.3. The number of nitrogens with zero attached hydrogens (tertiary/aromatic N) is 2. The van der Waals surface area contributed by atoms with E-state index in [0.717, 1.165) is 5.56 Å². The molecule has 1 atom stereocenters. The molecule has 0 saturated carbocycles. The van der Waals surface area contributed by atoms with E-state index in [2.05, 4.69) is 10.2 Å². The number of likely N-dealkylation sites (tertiary alicyclic amines) is 1. The molecular formula is C14H15N3O2. The molecule has 1 aliphatic rings. The lowest BCUT2D eigenvalue weighted by molar-refractivity contribution is 0.0417. The van der Waals surface area contributed by atoms with Crippen molar-refractivity contribution in [2.24, 2.45) is 0 Å². The van der Waals surface area contributed by atoms with Crippen molar-refractivity contribution < 1.29 is 9.90 Å². The Morgan fingerprint density at radius 3 is 2.84 bits per heavy atom. The summed E-state index contributed by atoms with van der Waals surface area (Å²) in [6, 6.07) is 9.50. The first-order chi connectivity index (χ1) is 9.19.